The van der Waals surface area contributed by atoms with Gasteiger partial charge in [-0.3, -0.25) is 19.4 Å². The monoisotopic (exact) mass is 463 g/mol. The van der Waals surface area contributed by atoms with Crippen LogP contribution in [0.2, 0.25) is 0 Å². The molecule has 2 heterocycles. The van der Waals surface area contributed by atoms with Gasteiger partial charge in [-0.2, -0.15) is 13.2 Å². The van der Waals surface area contributed by atoms with E-state index in [0.717, 1.165) is 6.07 Å². The maximum atomic E-state index is 14.6. The number of pyridine rings is 1. The van der Waals surface area contributed by atoms with Gasteiger partial charge in [0.2, 0.25) is 5.91 Å². The van der Waals surface area contributed by atoms with Crippen molar-refractivity contribution in [1.29, 1.82) is 0 Å². The highest BCUT2D eigenvalue weighted by Gasteiger charge is 2.64. The van der Waals surface area contributed by atoms with E-state index in [1.807, 2.05) is 5.32 Å². The number of alkyl halides is 3. The lowest BCUT2D eigenvalue weighted by Gasteiger charge is -2.20. The van der Waals surface area contributed by atoms with Gasteiger partial charge in [0, 0.05) is 23.0 Å². The van der Waals surface area contributed by atoms with E-state index in [0.29, 0.717) is 18.4 Å². The van der Waals surface area contributed by atoms with E-state index in [-0.39, 0.29) is 42.0 Å². The third kappa shape index (κ3) is 3.61. The van der Waals surface area contributed by atoms with Crippen LogP contribution in [-0.4, -0.2) is 34.5 Å². The van der Waals surface area contributed by atoms with Gasteiger partial charge in [0.15, 0.2) is 0 Å². The van der Waals surface area contributed by atoms with Crippen molar-refractivity contribution < 1.29 is 36.7 Å². The summed E-state index contributed by atoms with van der Waals surface area (Å²) in [7, 11) is 0. The second-order valence-corrected chi connectivity index (χ2v) is 8.60. The number of carbonyl (C=O) groups excluding carboxylic acids is 3. The van der Waals surface area contributed by atoms with Crippen molar-refractivity contribution >= 4 is 23.5 Å². The van der Waals surface area contributed by atoms with Crippen LogP contribution in [0, 0.1) is 5.82 Å². The third-order valence-electron chi connectivity index (χ3n) is 6.28. The lowest BCUT2D eigenvalue weighted by Crippen LogP contribution is -2.48. The van der Waals surface area contributed by atoms with Crippen molar-refractivity contribution in [2.24, 2.45) is 0 Å². The first-order chi connectivity index (χ1) is 15.5. The highest BCUT2D eigenvalue weighted by molar-refractivity contribution is 5.97. The Kier molecular flexibility index (Phi) is 4.53. The lowest BCUT2D eigenvalue weighted by atomic mass is 9.95. The van der Waals surface area contributed by atoms with Gasteiger partial charge < -0.3 is 15.4 Å². The van der Waals surface area contributed by atoms with E-state index in [2.05, 4.69) is 10.3 Å². The number of benzene rings is 1. The number of ether oxygens (including phenoxy) is 1. The highest BCUT2D eigenvalue weighted by Crippen LogP contribution is 2.56. The van der Waals surface area contributed by atoms with Crippen LogP contribution in [0.25, 0.3) is 0 Å². The number of nitrogens with zero attached hydrogens (tertiary/aromatic N) is 1. The standard InChI is InChI=1S/C22H17F4N3O4/c23-14-10-13-16(33-19(32)20(13)2-3-20)7-11(14)8-17(30)28-12-1-6-27-15(9-12)18(31)29-21(4-5-21)22(24,25)26/h1,6-7,9-10H,2-5,8H2,(H,29,31)(H,27,28,30). The minimum atomic E-state index is -4.57. The number of hydrogen-bond acceptors (Lipinski definition) is 5. The smallest absolute Gasteiger partial charge is 0.411 e. The van der Waals surface area contributed by atoms with Gasteiger partial charge in [0.05, 0.1) is 11.8 Å². The molecule has 0 atom stereocenters. The molecule has 0 unspecified atom stereocenters. The van der Waals surface area contributed by atoms with Gasteiger partial charge in [-0.25, -0.2) is 4.39 Å². The second kappa shape index (κ2) is 7.00. The van der Waals surface area contributed by atoms with Gasteiger partial charge in [-0.15, -0.1) is 0 Å². The molecule has 0 saturated heterocycles. The molecule has 2 saturated carbocycles. The molecule has 11 heteroatoms. The van der Waals surface area contributed by atoms with Crippen LogP contribution in [0.4, 0.5) is 23.2 Å². The number of rotatable bonds is 5. The first-order valence-electron chi connectivity index (χ1n) is 10.2. The van der Waals surface area contributed by atoms with Crippen molar-refractivity contribution in [3.05, 3.63) is 53.1 Å². The molecule has 1 aliphatic heterocycles. The van der Waals surface area contributed by atoms with Crippen molar-refractivity contribution in [3.8, 4) is 5.75 Å². The summed E-state index contributed by atoms with van der Waals surface area (Å²) in [6.45, 7) is 0. The number of aromatic nitrogens is 1. The summed E-state index contributed by atoms with van der Waals surface area (Å²) >= 11 is 0. The van der Waals surface area contributed by atoms with E-state index in [1.165, 1.54) is 24.4 Å². The normalized spacial score (nSPS) is 19.0. The van der Waals surface area contributed by atoms with Gasteiger partial charge in [0.1, 0.15) is 22.8 Å². The van der Waals surface area contributed by atoms with Gasteiger partial charge >= 0.3 is 12.1 Å². The van der Waals surface area contributed by atoms with Crippen LogP contribution in [-0.2, 0) is 21.4 Å². The van der Waals surface area contributed by atoms with Crippen LogP contribution in [0.15, 0.2) is 30.5 Å². The first-order valence-corrected chi connectivity index (χ1v) is 10.2. The Labute approximate surface area is 184 Å². The molecule has 1 spiro atoms. The quantitative estimate of drug-likeness (QED) is 0.403. The molecule has 2 fully saturated rings. The molecule has 2 aliphatic carbocycles. The number of nitrogens with one attached hydrogen (secondary N) is 2. The number of anilines is 1. The number of amides is 2. The Hall–Kier alpha value is -3.50. The maximum absolute atomic E-state index is 14.6. The molecule has 2 N–H and O–H groups in total. The zero-order valence-corrected chi connectivity index (χ0v) is 17.0. The molecule has 3 aliphatic rings. The number of hydrogen-bond donors (Lipinski definition) is 2. The number of carbonyl (C=O) groups is 3. The summed E-state index contributed by atoms with van der Waals surface area (Å²) in [6, 6.07) is 5.03. The Morgan fingerprint density at radius 2 is 1.85 bits per heavy atom. The van der Waals surface area contributed by atoms with E-state index in [4.69, 9.17) is 4.74 Å². The van der Waals surface area contributed by atoms with Crippen LogP contribution in [0.1, 0.15) is 47.3 Å². The largest absolute Gasteiger partial charge is 0.426 e. The highest BCUT2D eigenvalue weighted by atomic mass is 19.4. The number of halogens is 4. The van der Waals surface area contributed by atoms with E-state index in [1.54, 1.807) is 0 Å². The molecule has 1 aromatic heterocycles. The van der Waals surface area contributed by atoms with E-state index >= 15 is 0 Å². The molecule has 0 radical (unpaired) electrons. The minimum absolute atomic E-state index is 0.0182. The maximum Gasteiger partial charge on any atom is 0.411 e. The second-order valence-electron chi connectivity index (χ2n) is 8.60. The zero-order valence-electron chi connectivity index (χ0n) is 17.0. The van der Waals surface area contributed by atoms with Gasteiger partial charge in [0.25, 0.3) is 5.91 Å². The number of fused-ring (bicyclic) bond motifs is 2. The van der Waals surface area contributed by atoms with Gasteiger partial charge in [-0.05, 0) is 49.9 Å². The molecule has 2 amide bonds. The topological polar surface area (TPSA) is 97.4 Å². The molecule has 7 nitrogen and oxygen atoms in total. The molecule has 33 heavy (non-hydrogen) atoms. The van der Waals surface area contributed by atoms with E-state index < -0.39 is 40.7 Å². The Morgan fingerprint density at radius 1 is 1.12 bits per heavy atom. The SMILES string of the molecule is O=C(Cc1cc2c(cc1F)C1(CC1)C(=O)O2)Nc1ccnc(C(=O)NC2(C(F)(F)F)CC2)c1. The summed E-state index contributed by atoms with van der Waals surface area (Å²) < 4.78 is 59.0. The molecular weight excluding hydrogens is 446 g/mol. The van der Waals surface area contributed by atoms with Crippen molar-refractivity contribution in [2.45, 2.75) is 49.2 Å². The van der Waals surface area contributed by atoms with Crippen molar-refractivity contribution in [2.75, 3.05) is 5.32 Å². The van der Waals surface area contributed by atoms with Crippen LogP contribution in [0.5, 0.6) is 5.75 Å². The van der Waals surface area contributed by atoms with E-state index in [9.17, 15) is 31.9 Å². The fraction of sp³-hybridized carbons (Fsp3) is 0.364. The zero-order chi connectivity index (χ0) is 23.6. The summed E-state index contributed by atoms with van der Waals surface area (Å²) in [5.74, 6) is -2.47. The van der Waals surface area contributed by atoms with Gasteiger partial charge in [-0.1, -0.05) is 0 Å². The Balaban J connectivity index is 1.26. The molecule has 2 aromatic rings. The van der Waals surface area contributed by atoms with Crippen LogP contribution >= 0.6 is 0 Å². The minimum Gasteiger partial charge on any atom is -0.426 e. The summed E-state index contributed by atoms with van der Waals surface area (Å²) in [4.78, 5) is 40.4. The molecule has 5 rings (SSSR count). The average molecular weight is 463 g/mol. The van der Waals surface area contributed by atoms with Crippen LogP contribution < -0.4 is 15.4 Å². The van der Waals surface area contributed by atoms with Crippen LogP contribution in [0.3, 0.4) is 0 Å². The summed E-state index contributed by atoms with van der Waals surface area (Å²) in [5, 5.41) is 4.43. The summed E-state index contributed by atoms with van der Waals surface area (Å²) in [5.41, 5.74) is -2.67. The fourth-order valence-corrected chi connectivity index (χ4v) is 3.99. The number of esters is 1. The molecular formula is C22H17F4N3O4. The molecule has 172 valence electrons. The Morgan fingerprint density at radius 3 is 2.48 bits per heavy atom. The summed E-state index contributed by atoms with van der Waals surface area (Å²) in [6.07, 6.45) is -3.00. The molecule has 0 bridgehead atoms. The fourth-order valence-electron chi connectivity index (χ4n) is 3.99. The Bertz CT molecular complexity index is 1200. The predicted molar refractivity (Wildman–Crippen MR) is 105 cm³/mol. The predicted octanol–water partition coefficient (Wildman–Crippen LogP) is 3.18. The first kappa shape index (κ1) is 21.4. The van der Waals surface area contributed by atoms with Crippen molar-refractivity contribution in [1.82, 2.24) is 10.3 Å². The van der Waals surface area contributed by atoms with Crippen molar-refractivity contribution in [3.63, 3.8) is 0 Å². The third-order valence-corrected chi connectivity index (χ3v) is 6.28. The molecule has 1 aromatic carbocycles. The lowest BCUT2D eigenvalue weighted by molar-refractivity contribution is -0.163. The average Bonchev–Trinajstić information content (AvgIpc) is 3.64.